The third-order valence-corrected chi connectivity index (χ3v) is 11.5. The molecule has 2 fully saturated rings. The van der Waals surface area contributed by atoms with Crippen LogP contribution in [-0.2, 0) is 10.2 Å². The number of benzene rings is 2. The van der Waals surface area contributed by atoms with E-state index in [1.807, 2.05) is 22.9 Å². The fourth-order valence-corrected chi connectivity index (χ4v) is 9.09. The molecule has 1 aromatic heterocycles. The van der Waals surface area contributed by atoms with Gasteiger partial charge in [0.05, 0.1) is 33.8 Å². The van der Waals surface area contributed by atoms with Crippen LogP contribution in [0, 0.1) is 11.8 Å². The molecule has 2 atom stereocenters. The van der Waals surface area contributed by atoms with Crippen molar-refractivity contribution in [1.82, 2.24) is 9.78 Å². The first-order chi connectivity index (χ1) is 22.5. The van der Waals surface area contributed by atoms with Gasteiger partial charge in [-0.05, 0) is 68.7 Å². The van der Waals surface area contributed by atoms with Crippen molar-refractivity contribution in [3.05, 3.63) is 68.3 Å². The van der Waals surface area contributed by atoms with Crippen LogP contribution in [0.2, 0.25) is 0 Å². The van der Waals surface area contributed by atoms with Gasteiger partial charge in [-0.2, -0.15) is 0 Å². The lowest BCUT2D eigenvalue weighted by atomic mass is 9.77. The number of carbonyl (C=O) groups excluding carboxylic acids is 1. The molecule has 3 aliphatic carbocycles. The van der Waals surface area contributed by atoms with Gasteiger partial charge in [0.25, 0.3) is 5.56 Å². The fourth-order valence-electron chi connectivity index (χ4n) is 9.09. The first kappa shape index (κ1) is 32.0. The molecule has 0 saturated heterocycles. The van der Waals surface area contributed by atoms with Crippen LogP contribution in [0.5, 0.6) is 0 Å². The van der Waals surface area contributed by atoms with Crippen LogP contribution in [0.4, 0.5) is 5.69 Å². The Hall–Kier alpha value is -3.61. The van der Waals surface area contributed by atoms with Crippen molar-refractivity contribution in [2.45, 2.75) is 135 Å². The maximum absolute atomic E-state index is 14.6. The van der Waals surface area contributed by atoms with E-state index < -0.39 is 11.1 Å². The molecule has 2 heterocycles. The second-order valence-corrected chi connectivity index (χ2v) is 16.0. The molecule has 7 nitrogen and oxygen atoms in total. The molecule has 250 valence electrons. The van der Waals surface area contributed by atoms with Gasteiger partial charge in [0.2, 0.25) is 5.78 Å². The fraction of sp³-hybridized carbons (Fsp3) is 0.575. The van der Waals surface area contributed by atoms with Crippen molar-refractivity contribution in [1.29, 1.82) is 0 Å². The van der Waals surface area contributed by atoms with E-state index in [4.69, 9.17) is 4.99 Å². The Morgan fingerprint density at radius 3 is 2.28 bits per heavy atom. The van der Waals surface area contributed by atoms with E-state index >= 15 is 0 Å². The van der Waals surface area contributed by atoms with Gasteiger partial charge < -0.3 is 10.4 Å². The van der Waals surface area contributed by atoms with Gasteiger partial charge >= 0.3 is 0 Å². The van der Waals surface area contributed by atoms with Crippen LogP contribution < -0.4 is 21.5 Å². The van der Waals surface area contributed by atoms with E-state index in [1.165, 1.54) is 32.1 Å². The van der Waals surface area contributed by atoms with Crippen molar-refractivity contribution in [3.63, 3.8) is 0 Å². The standard InChI is InChI=1S/C40H52N4O3/c1-6-7-13-23-40(5)41-28-20-14-19-24-21-22-27(33(42-40)29(24)28)30-35(45)31(36(30)46)32-37(39(2,3)4)43-44(38(32)47)34(26-17-11-12-18-26)25-15-9-8-10-16-25/h14,19-22,25-26,34,41,43,45H,6-13,15-18,23H2,1-5H3. The third-order valence-electron chi connectivity index (χ3n) is 11.5. The average molecular weight is 637 g/mol. The molecule has 0 radical (unpaired) electrons. The largest absolute Gasteiger partial charge is 0.506 e. The zero-order chi connectivity index (χ0) is 33.1. The molecule has 0 bridgehead atoms. The van der Waals surface area contributed by atoms with Crippen molar-refractivity contribution in [2.75, 3.05) is 5.32 Å². The predicted molar refractivity (Wildman–Crippen MR) is 190 cm³/mol. The number of anilines is 1. The van der Waals surface area contributed by atoms with E-state index in [2.05, 4.69) is 57.2 Å². The molecule has 2 aromatic carbocycles. The highest BCUT2D eigenvalue weighted by molar-refractivity contribution is 6.51. The molecule has 7 heteroatoms. The van der Waals surface area contributed by atoms with E-state index in [1.54, 1.807) is 0 Å². The third kappa shape index (κ3) is 5.47. The van der Waals surface area contributed by atoms with Gasteiger partial charge in [-0.3, -0.25) is 19.7 Å². The average Bonchev–Trinajstić information content (AvgIpc) is 3.68. The monoisotopic (exact) mass is 636 g/mol. The van der Waals surface area contributed by atoms with Crippen LogP contribution in [0.25, 0.3) is 21.9 Å². The van der Waals surface area contributed by atoms with Crippen LogP contribution in [0.1, 0.15) is 135 Å². The van der Waals surface area contributed by atoms with E-state index in [0.717, 1.165) is 78.9 Å². The van der Waals surface area contributed by atoms with E-state index in [-0.39, 0.29) is 34.3 Å². The minimum Gasteiger partial charge on any atom is -0.506 e. The number of ketones is 1. The zero-order valence-electron chi connectivity index (χ0n) is 29.0. The van der Waals surface area contributed by atoms with Gasteiger partial charge in [-0.25, -0.2) is 4.68 Å². The number of H-pyrrole nitrogens is 1. The number of allylic oxidation sites excluding steroid dienone is 2. The summed E-state index contributed by atoms with van der Waals surface area (Å²) in [4.78, 5) is 34.2. The summed E-state index contributed by atoms with van der Waals surface area (Å²) < 4.78 is 1.89. The molecule has 0 spiro atoms. The summed E-state index contributed by atoms with van der Waals surface area (Å²) >= 11 is 0. The highest BCUT2D eigenvalue weighted by Crippen LogP contribution is 2.45. The molecule has 2 unspecified atom stereocenters. The topological polar surface area (TPSA) is 99.5 Å². The summed E-state index contributed by atoms with van der Waals surface area (Å²) in [7, 11) is 0. The number of nitrogens with zero attached hydrogens (tertiary/aromatic N) is 2. The van der Waals surface area contributed by atoms with Crippen molar-refractivity contribution >= 4 is 33.4 Å². The Balaban J connectivity index is 1.41. The molecular weight excluding hydrogens is 584 g/mol. The molecule has 3 aromatic rings. The summed E-state index contributed by atoms with van der Waals surface area (Å²) in [6.45, 7) is 10.5. The van der Waals surface area contributed by atoms with E-state index in [0.29, 0.717) is 22.6 Å². The molecule has 1 aliphatic heterocycles. The Morgan fingerprint density at radius 1 is 0.957 bits per heavy atom. The Kier molecular flexibility index (Phi) is 8.25. The minimum atomic E-state index is -0.524. The van der Waals surface area contributed by atoms with E-state index in [9.17, 15) is 14.7 Å². The van der Waals surface area contributed by atoms with Gasteiger partial charge in [-0.1, -0.05) is 96.9 Å². The molecule has 7 rings (SSSR count). The number of carbonyl (C=O) groups is 1. The van der Waals surface area contributed by atoms with Crippen LogP contribution in [0.3, 0.4) is 0 Å². The number of hydrogen-bond acceptors (Lipinski definition) is 5. The lowest BCUT2D eigenvalue weighted by Crippen LogP contribution is -2.44. The van der Waals surface area contributed by atoms with Gasteiger partial charge in [0.1, 0.15) is 11.4 Å². The zero-order valence-corrected chi connectivity index (χ0v) is 29.0. The number of aliphatic hydroxyl groups is 1. The van der Waals surface area contributed by atoms with Gasteiger partial charge in [0.15, 0.2) is 0 Å². The smallest absolute Gasteiger partial charge is 0.275 e. The first-order valence-electron chi connectivity index (χ1n) is 18.3. The molecule has 0 amide bonds. The second-order valence-electron chi connectivity index (χ2n) is 16.0. The number of aromatic nitrogens is 2. The Morgan fingerprint density at radius 2 is 1.64 bits per heavy atom. The number of rotatable bonds is 8. The summed E-state index contributed by atoms with van der Waals surface area (Å²) in [6.07, 6.45) is 14.8. The maximum Gasteiger partial charge on any atom is 0.275 e. The number of Topliss-reactive ketones (excluding diaryl/α,β-unsaturated/α-hetero) is 1. The second kappa shape index (κ2) is 12.1. The Labute approximate surface area is 278 Å². The quantitative estimate of drug-likeness (QED) is 0.218. The van der Waals surface area contributed by atoms with Crippen molar-refractivity contribution in [2.24, 2.45) is 16.8 Å². The summed E-state index contributed by atoms with van der Waals surface area (Å²) in [6, 6.07) is 10.2. The lowest BCUT2D eigenvalue weighted by molar-refractivity contribution is -0.109. The molecule has 2 saturated carbocycles. The molecule has 3 N–H and O–H groups in total. The van der Waals surface area contributed by atoms with Crippen LogP contribution in [-0.4, -0.2) is 26.3 Å². The number of hydrogen-bond donors (Lipinski definition) is 3. The van der Waals surface area contributed by atoms with Gasteiger partial charge in [0, 0.05) is 21.7 Å². The highest BCUT2D eigenvalue weighted by atomic mass is 16.3. The number of aliphatic hydroxyl groups excluding tert-OH is 1. The number of unbranched alkanes of at least 4 members (excludes halogenated alkanes) is 2. The highest BCUT2D eigenvalue weighted by Gasteiger charge is 2.44. The van der Waals surface area contributed by atoms with Crippen molar-refractivity contribution in [3.8, 4) is 0 Å². The molecular formula is C40H52N4O3. The number of aromatic amines is 1. The van der Waals surface area contributed by atoms with Crippen molar-refractivity contribution < 1.29 is 9.90 Å². The summed E-state index contributed by atoms with van der Waals surface area (Å²) in [5.41, 5.74) is 1.37. The first-order valence-corrected chi connectivity index (χ1v) is 18.3. The molecule has 4 aliphatic rings. The normalized spacial score (nSPS) is 24.0. The Bertz CT molecular complexity index is 1930. The predicted octanol–water partition coefficient (Wildman–Crippen LogP) is 7.98. The van der Waals surface area contributed by atoms with Gasteiger partial charge in [-0.15, -0.1) is 0 Å². The molecule has 47 heavy (non-hydrogen) atoms. The SMILES string of the molecule is CCCCCC1(C)N=c2c(=C3C(=O)C(c4c(C(C)(C)C)[nH]n(C(C5CCCCC5)C5CCCC5)c4=O)=C3O)ccc3cccc(c23)N1. The summed E-state index contributed by atoms with van der Waals surface area (Å²) in [5, 5.41) is 22.5. The minimum absolute atomic E-state index is 0.0895. The van der Waals surface area contributed by atoms with Crippen LogP contribution >= 0.6 is 0 Å². The lowest BCUT2D eigenvalue weighted by Gasteiger charge is -2.34. The summed E-state index contributed by atoms with van der Waals surface area (Å²) in [5.74, 6) is 0.542. The number of nitrogens with one attached hydrogen (secondary N) is 2. The van der Waals surface area contributed by atoms with Crippen LogP contribution in [0.15, 0.2) is 45.9 Å². The maximum atomic E-state index is 14.6.